The fraction of sp³-hybridized carbons (Fsp3) is 0.222. The number of para-hydroxylation sites is 1. The van der Waals surface area contributed by atoms with Crippen molar-refractivity contribution in [3.05, 3.63) is 60.3 Å². The maximum absolute atomic E-state index is 12.7. The number of nitrogens with one attached hydrogen (secondary N) is 1. The van der Waals surface area contributed by atoms with Crippen LogP contribution < -0.4 is 10.2 Å². The molecule has 3 aromatic rings. The monoisotopic (exact) mass is 335 g/mol. The average Bonchev–Trinajstić information content (AvgIpc) is 3.06. The van der Waals surface area contributed by atoms with Crippen LogP contribution in [-0.2, 0) is 16.1 Å². The zero-order chi connectivity index (χ0) is 17.4. The molecule has 0 radical (unpaired) electrons. The Kier molecular flexibility index (Phi) is 3.68. The quantitative estimate of drug-likeness (QED) is 0.786. The summed E-state index contributed by atoms with van der Waals surface area (Å²) >= 11 is 0. The van der Waals surface area contributed by atoms with E-state index in [1.807, 2.05) is 28.7 Å². The summed E-state index contributed by atoms with van der Waals surface area (Å²) in [4.78, 5) is 34.8. The molecule has 7 nitrogen and oxygen atoms in total. The smallest absolute Gasteiger partial charge is 0.228 e. The Hall–Kier alpha value is -3.22. The first-order chi connectivity index (χ1) is 12.1. The van der Waals surface area contributed by atoms with Gasteiger partial charge >= 0.3 is 0 Å². The van der Waals surface area contributed by atoms with E-state index in [9.17, 15) is 9.59 Å². The second-order valence-corrected chi connectivity index (χ2v) is 6.04. The fourth-order valence-corrected chi connectivity index (χ4v) is 3.20. The Balaban J connectivity index is 1.55. The van der Waals surface area contributed by atoms with Crippen molar-refractivity contribution in [1.29, 1.82) is 0 Å². The fourth-order valence-electron chi connectivity index (χ4n) is 3.20. The molecule has 3 heterocycles. The van der Waals surface area contributed by atoms with Gasteiger partial charge in [0.25, 0.3) is 0 Å². The molecule has 0 bridgehead atoms. The minimum absolute atomic E-state index is 0.0558. The maximum Gasteiger partial charge on any atom is 0.228 e. The van der Waals surface area contributed by atoms with Crippen molar-refractivity contribution in [2.45, 2.75) is 18.9 Å². The molecular weight excluding hydrogens is 318 g/mol. The summed E-state index contributed by atoms with van der Waals surface area (Å²) in [5.41, 5.74) is 3.26. The van der Waals surface area contributed by atoms with Crippen LogP contribution in [-0.4, -0.2) is 33.2 Å². The molecule has 0 unspecified atom stereocenters. The van der Waals surface area contributed by atoms with Crippen LogP contribution in [0, 0.1) is 0 Å². The van der Waals surface area contributed by atoms with Gasteiger partial charge in [0.15, 0.2) is 5.65 Å². The summed E-state index contributed by atoms with van der Waals surface area (Å²) in [5.74, 6) is -0.682. The van der Waals surface area contributed by atoms with Gasteiger partial charge in [0.05, 0.1) is 30.6 Å². The van der Waals surface area contributed by atoms with Crippen molar-refractivity contribution in [3.8, 4) is 0 Å². The lowest BCUT2D eigenvalue weighted by atomic mass is 9.89. The molecule has 1 aliphatic rings. The molecule has 0 saturated carbocycles. The summed E-state index contributed by atoms with van der Waals surface area (Å²) in [6.45, 7) is 0.340. The first-order valence-electron chi connectivity index (χ1n) is 8.04. The number of hydrogen-bond donors (Lipinski definition) is 1. The lowest BCUT2D eigenvalue weighted by Gasteiger charge is -2.30. The largest absolute Gasteiger partial charge is 0.350 e. The minimum atomic E-state index is -0.472. The Morgan fingerprint density at radius 3 is 3.04 bits per heavy atom. The van der Waals surface area contributed by atoms with Crippen LogP contribution >= 0.6 is 0 Å². The molecule has 1 N–H and O–H groups in total. The molecule has 0 saturated heterocycles. The molecule has 0 spiro atoms. The number of carbonyl (C=O) groups is 2. The minimum Gasteiger partial charge on any atom is -0.350 e. The standard InChI is InChI=1S/C18H17N5O2/c1-22-15-5-3-2-4-13(15)14(8-17(22)24)18(25)21-10-12-9-20-16-11-19-6-7-23(12)16/h2-7,9,11,14H,8,10H2,1H3,(H,21,25)/t14-/m1/s1. The number of nitrogens with zero attached hydrogens (tertiary/aromatic N) is 4. The van der Waals surface area contributed by atoms with Crippen LogP contribution in [0.5, 0.6) is 0 Å². The number of hydrogen-bond acceptors (Lipinski definition) is 4. The van der Waals surface area contributed by atoms with Crippen LogP contribution in [0.4, 0.5) is 5.69 Å². The Morgan fingerprint density at radius 1 is 1.32 bits per heavy atom. The summed E-state index contributed by atoms with van der Waals surface area (Å²) in [6.07, 6.45) is 7.03. The van der Waals surface area contributed by atoms with Gasteiger partial charge in [-0.25, -0.2) is 4.98 Å². The molecule has 0 aliphatic carbocycles. The van der Waals surface area contributed by atoms with E-state index in [1.54, 1.807) is 36.7 Å². The number of amides is 2. The average molecular weight is 335 g/mol. The van der Waals surface area contributed by atoms with Gasteiger partial charge in [-0.1, -0.05) is 18.2 Å². The summed E-state index contributed by atoms with van der Waals surface area (Å²) in [5, 5.41) is 2.93. The lowest BCUT2D eigenvalue weighted by Crippen LogP contribution is -2.39. The number of fused-ring (bicyclic) bond motifs is 2. The maximum atomic E-state index is 12.7. The topological polar surface area (TPSA) is 79.6 Å². The predicted molar refractivity (Wildman–Crippen MR) is 92.0 cm³/mol. The Bertz CT molecular complexity index is 965. The predicted octanol–water partition coefficient (Wildman–Crippen LogP) is 1.50. The highest BCUT2D eigenvalue weighted by Gasteiger charge is 2.33. The van der Waals surface area contributed by atoms with E-state index in [1.165, 1.54) is 0 Å². The van der Waals surface area contributed by atoms with E-state index in [2.05, 4.69) is 15.3 Å². The van der Waals surface area contributed by atoms with E-state index in [-0.39, 0.29) is 18.2 Å². The van der Waals surface area contributed by atoms with E-state index in [0.717, 1.165) is 22.6 Å². The lowest BCUT2D eigenvalue weighted by molar-refractivity contribution is -0.127. The number of rotatable bonds is 3. The molecule has 1 aliphatic heterocycles. The third-order valence-electron chi connectivity index (χ3n) is 4.58. The molecule has 2 aromatic heterocycles. The van der Waals surface area contributed by atoms with E-state index in [0.29, 0.717) is 6.54 Å². The highest BCUT2D eigenvalue weighted by molar-refractivity contribution is 6.02. The zero-order valence-electron chi connectivity index (χ0n) is 13.7. The Labute approximate surface area is 144 Å². The number of carbonyl (C=O) groups excluding carboxylic acids is 2. The van der Waals surface area contributed by atoms with Gasteiger partial charge < -0.3 is 10.2 Å². The van der Waals surface area contributed by atoms with Crippen molar-refractivity contribution < 1.29 is 9.59 Å². The SMILES string of the molecule is CN1C(=O)C[C@@H](C(=O)NCc2cnc3cnccn23)c2ccccc21. The zero-order valence-corrected chi connectivity index (χ0v) is 13.7. The van der Waals surface area contributed by atoms with Crippen LogP contribution in [0.25, 0.3) is 5.65 Å². The summed E-state index contributed by atoms with van der Waals surface area (Å²) in [7, 11) is 1.74. The van der Waals surface area contributed by atoms with E-state index < -0.39 is 5.92 Å². The second kappa shape index (κ2) is 6.01. The van der Waals surface area contributed by atoms with Crippen LogP contribution in [0.15, 0.2) is 49.1 Å². The molecule has 25 heavy (non-hydrogen) atoms. The van der Waals surface area contributed by atoms with Gasteiger partial charge in [-0.3, -0.25) is 19.0 Å². The first kappa shape index (κ1) is 15.3. The van der Waals surface area contributed by atoms with Gasteiger partial charge in [-0.15, -0.1) is 0 Å². The summed E-state index contributed by atoms with van der Waals surface area (Å²) < 4.78 is 1.88. The van der Waals surface area contributed by atoms with Gasteiger partial charge in [-0.05, 0) is 11.6 Å². The van der Waals surface area contributed by atoms with Crippen LogP contribution in [0.1, 0.15) is 23.6 Å². The second-order valence-electron chi connectivity index (χ2n) is 6.04. The van der Waals surface area contributed by atoms with Crippen molar-refractivity contribution in [2.75, 3.05) is 11.9 Å². The molecular formula is C18H17N5O2. The van der Waals surface area contributed by atoms with Gasteiger partial charge in [0.2, 0.25) is 11.8 Å². The highest BCUT2D eigenvalue weighted by Crippen LogP contribution is 2.35. The number of imidazole rings is 1. The third-order valence-corrected chi connectivity index (χ3v) is 4.58. The molecule has 1 atom stereocenters. The highest BCUT2D eigenvalue weighted by atomic mass is 16.2. The number of benzene rings is 1. The van der Waals surface area contributed by atoms with Crippen molar-refractivity contribution in [1.82, 2.24) is 19.7 Å². The van der Waals surface area contributed by atoms with E-state index in [4.69, 9.17) is 0 Å². The van der Waals surface area contributed by atoms with Crippen LogP contribution in [0.3, 0.4) is 0 Å². The Morgan fingerprint density at radius 2 is 2.16 bits per heavy atom. The molecule has 4 rings (SSSR count). The molecule has 7 heteroatoms. The summed E-state index contributed by atoms with van der Waals surface area (Å²) in [6, 6.07) is 7.53. The molecule has 1 aromatic carbocycles. The van der Waals surface area contributed by atoms with Crippen molar-refractivity contribution in [2.24, 2.45) is 0 Å². The molecule has 0 fully saturated rings. The molecule has 126 valence electrons. The number of anilines is 1. The van der Waals surface area contributed by atoms with Gasteiger partial charge in [-0.2, -0.15) is 0 Å². The third kappa shape index (κ3) is 2.63. The van der Waals surface area contributed by atoms with Crippen molar-refractivity contribution >= 4 is 23.1 Å². The molecule has 2 amide bonds. The number of aromatic nitrogens is 3. The van der Waals surface area contributed by atoms with Gasteiger partial charge in [0, 0.05) is 31.5 Å². The van der Waals surface area contributed by atoms with E-state index >= 15 is 0 Å². The van der Waals surface area contributed by atoms with Gasteiger partial charge in [0.1, 0.15) is 0 Å². The van der Waals surface area contributed by atoms with Crippen LogP contribution in [0.2, 0.25) is 0 Å². The normalized spacial score (nSPS) is 16.8. The first-order valence-corrected chi connectivity index (χ1v) is 8.04. The van der Waals surface area contributed by atoms with Crippen molar-refractivity contribution in [3.63, 3.8) is 0 Å².